The van der Waals surface area contributed by atoms with Crippen molar-refractivity contribution in [3.8, 4) is 0 Å². The zero-order valence-corrected chi connectivity index (χ0v) is 20.6. The fraction of sp³-hybridized carbons (Fsp3) is 0.520. The van der Waals surface area contributed by atoms with Gasteiger partial charge in [-0.3, -0.25) is 0 Å². The highest BCUT2D eigenvalue weighted by Crippen LogP contribution is 2.82. The zero-order valence-electron chi connectivity index (χ0n) is 18.8. The van der Waals surface area contributed by atoms with E-state index < -0.39 is 14.5 Å². The molecule has 0 bridgehead atoms. The van der Waals surface area contributed by atoms with Gasteiger partial charge in [-0.15, -0.1) is 0 Å². The molecule has 148 valence electrons. The van der Waals surface area contributed by atoms with Crippen molar-refractivity contribution >= 4 is 14.5 Å². The van der Waals surface area contributed by atoms with Crippen molar-refractivity contribution in [2.24, 2.45) is 0 Å². The van der Waals surface area contributed by atoms with Crippen LogP contribution in [0, 0.1) is 0 Å². The lowest BCUT2D eigenvalue weighted by Crippen LogP contribution is -2.30. The smallest absolute Gasteiger partial charge is 0.0622 e. The van der Waals surface area contributed by atoms with E-state index in [-0.39, 0.29) is 0 Å². The zero-order chi connectivity index (χ0) is 20.3. The molecule has 0 aliphatic rings. The second-order valence-electron chi connectivity index (χ2n) is 10.6. The molecule has 0 N–H and O–H groups in total. The van der Waals surface area contributed by atoms with Crippen LogP contribution in [0.4, 0.5) is 0 Å². The van der Waals surface area contributed by atoms with E-state index in [0.717, 1.165) is 0 Å². The van der Waals surface area contributed by atoms with Gasteiger partial charge in [0.1, 0.15) is 0 Å². The maximum atomic E-state index is 2.65. The molecule has 2 unspecified atom stereocenters. The molecule has 2 aromatic rings. The van der Waals surface area contributed by atoms with Gasteiger partial charge in [-0.1, -0.05) is 60.7 Å². The van der Waals surface area contributed by atoms with Crippen LogP contribution in [0.1, 0.15) is 52.7 Å². The van der Waals surface area contributed by atoms with Crippen LogP contribution in [0.2, 0.25) is 0 Å². The fourth-order valence-electron chi connectivity index (χ4n) is 3.66. The average molecular weight is 403 g/mol. The molecule has 27 heavy (non-hydrogen) atoms. The number of hydrogen-bond donors (Lipinski definition) is 0. The first-order valence-corrected chi connectivity index (χ1v) is 15.3. The molecule has 0 heterocycles. The number of hydrogen-bond acceptors (Lipinski definition) is 0. The van der Waals surface area contributed by atoms with Crippen LogP contribution in [-0.4, -0.2) is 29.5 Å². The van der Waals surface area contributed by atoms with Crippen molar-refractivity contribution in [1.82, 2.24) is 0 Å². The van der Waals surface area contributed by atoms with Crippen molar-refractivity contribution in [2.45, 2.75) is 64.2 Å². The monoisotopic (exact) mass is 402 g/mol. The molecule has 2 aromatic carbocycles. The van der Waals surface area contributed by atoms with Crippen LogP contribution < -0.4 is 0 Å². The van der Waals surface area contributed by atoms with Gasteiger partial charge in [0.2, 0.25) is 0 Å². The molecule has 0 saturated carbocycles. The van der Waals surface area contributed by atoms with Gasteiger partial charge in [-0.2, -0.15) is 0 Å². The SMILES string of the molecule is CC(C)(C)[P+](C)(Cc1ccccc1)C[P+](C)(Cc1ccccc1)C(C)(C)C. The fourth-order valence-corrected chi connectivity index (χ4v) is 16.3. The molecular weight excluding hydrogens is 362 g/mol. The normalized spacial score (nSPS) is 17.2. The summed E-state index contributed by atoms with van der Waals surface area (Å²) in [5, 5.41) is 0.734. The lowest BCUT2D eigenvalue weighted by Gasteiger charge is -2.43. The lowest BCUT2D eigenvalue weighted by atomic mass is 10.2. The highest BCUT2D eigenvalue weighted by molar-refractivity contribution is 7.91. The van der Waals surface area contributed by atoms with E-state index in [1.54, 1.807) is 0 Å². The maximum Gasteiger partial charge on any atom is 0.161 e. The van der Waals surface area contributed by atoms with Gasteiger partial charge in [0.25, 0.3) is 0 Å². The van der Waals surface area contributed by atoms with Crippen molar-refractivity contribution in [3.63, 3.8) is 0 Å². The molecule has 2 heteroatoms. The summed E-state index contributed by atoms with van der Waals surface area (Å²) in [6, 6.07) is 22.4. The van der Waals surface area contributed by atoms with Crippen LogP contribution in [0.15, 0.2) is 60.7 Å². The van der Waals surface area contributed by atoms with E-state index in [1.807, 2.05) is 0 Å². The molecule has 0 fully saturated rings. The van der Waals surface area contributed by atoms with Crippen LogP contribution in [0.3, 0.4) is 0 Å². The Morgan fingerprint density at radius 2 is 0.852 bits per heavy atom. The van der Waals surface area contributed by atoms with E-state index in [1.165, 1.54) is 29.4 Å². The van der Waals surface area contributed by atoms with Gasteiger partial charge >= 0.3 is 0 Å². The Labute approximate surface area is 169 Å². The summed E-state index contributed by atoms with van der Waals surface area (Å²) in [6.45, 7) is 20.2. The highest BCUT2D eigenvalue weighted by atomic mass is 31.2. The lowest BCUT2D eigenvalue weighted by molar-refractivity contribution is 0.757. The molecule has 0 aliphatic carbocycles. The van der Waals surface area contributed by atoms with Gasteiger partial charge in [0, 0.05) is 0 Å². The first-order valence-electron chi connectivity index (χ1n) is 10.1. The Morgan fingerprint density at radius 1 is 0.556 bits per heavy atom. The van der Waals surface area contributed by atoms with Crippen LogP contribution >= 0.6 is 14.5 Å². The summed E-state index contributed by atoms with van der Waals surface area (Å²) in [4.78, 5) is 0. The Bertz CT molecular complexity index is 646. The van der Waals surface area contributed by atoms with E-state index in [4.69, 9.17) is 0 Å². The molecule has 2 rings (SSSR count). The van der Waals surface area contributed by atoms with Gasteiger partial charge < -0.3 is 0 Å². The molecule has 0 saturated heterocycles. The third-order valence-electron chi connectivity index (χ3n) is 6.61. The molecule has 0 aliphatic heterocycles. The van der Waals surface area contributed by atoms with Gasteiger partial charge in [-0.05, 0) is 52.7 Å². The Balaban J connectivity index is 2.41. The van der Waals surface area contributed by atoms with E-state index >= 15 is 0 Å². The van der Waals surface area contributed by atoms with Crippen LogP contribution in [0.25, 0.3) is 0 Å². The summed E-state index contributed by atoms with van der Waals surface area (Å²) in [5.41, 5.74) is 3.03. The molecular formula is C25H40P2+2. The summed E-state index contributed by atoms with van der Waals surface area (Å²) >= 11 is 0. The molecule has 0 amide bonds. The van der Waals surface area contributed by atoms with Crippen molar-refractivity contribution in [2.75, 3.05) is 19.2 Å². The second kappa shape index (κ2) is 8.35. The van der Waals surface area contributed by atoms with E-state index in [2.05, 4.69) is 116 Å². The van der Waals surface area contributed by atoms with Crippen molar-refractivity contribution in [1.29, 1.82) is 0 Å². The van der Waals surface area contributed by atoms with Crippen LogP contribution in [-0.2, 0) is 12.3 Å². The Hall–Kier alpha value is -0.700. The van der Waals surface area contributed by atoms with Crippen molar-refractivity contribution in [3.05, 3.63) is 71.8 Å². The van der Waals surface area contributed by atoms with Gasteiger partial charge in [0.05, 0.1) is 50.5 Å². The largest absolute Gasteiger partial charge is 0.161 e. The molecule has 0 nitrogen and oxygen atoms in total. The standard InChI is InChI=1S/C25H40P2/c1-24(2,3)26(7,19-22-15-11-9-12-16-22)21-27(8,25(4,5)6)20-23-17-13-10-14-18-23/h9-18H,19-21H2,1-8H3/q+2. The summed E-state index contributed by atoms with van der Waals surface area (Å²) in [5.74, 6) is 1.43. The second-order valence-corrected chi connectivity index (χ2v) is 20.6. The maximum absolute atomic E-state index is 2.65. The van der Waals surface area contributed by atoms with Gasteiger partial charge in [0.15, 0.2) is 5.90 Å². The minimum absolute atomic E-state index is 0.367. The summed E-state index contributed by atoms with van der Waals surface area (Å²) < 4.78 is 0. The average Bonchev–Trinajstić information content (AvgIpc) is 2.54. The van der Waals surface area contributed by atoms with E-state index in [0.29, 0.717) is 10.3 Å². The topological polar surface area (TPSA) is 0 Å². The number of benzene rings is 2. The molecule has 2 atom stereocenters. The number of rotatable bonds is 6. The third kappa shape index (κ3) is 5.65. The van der Waals surface area contributed by atoms with E-state index in [9.17, 15) is 0 Å². The van der Waals surface area contributed by atoms with Gasteiger partial charge in [-0.25, -0.2) is 0 Å². The Kier molecular flexibility index (Phi) is 6.98. The third-order valence-corrected chi connectivity index (χ3v) is 20.2. The van der Waals surface area contributed by atoms with Crippen LogP contribution in [0.5, 0.6) is 0 Å². The first kappa shape index (κ1) is 22.6. The Morgan fingerprint density at radius 3 is 1.11 bits per heavy atom. The molecule has 0 aromatic heterocycles. The highest BCUT2D eigenvalue weighted by Gasteiger charge is 2.57. The molecule has 0 radical (unpaired) electrons. The molecule has 0 spiro atoms. The summed E-state index contributed by atoms with van der Waals surface area (Å²) in [7, 11) is -2.36. The summed E-state index contributed by atoms with van der Waals surface area (Å²) in [6.07, 6.45) is 2.52. The quantitative estimate of drug-likeness (QED) is 0.427. The minimum Gasteiger partial charge on any atom is -0.0622 e. The minimum atomic E-state index is -1.18. The predicted molar refractivity (Wildman–Crippen MR) is 130 cm³/mol. The van der Waals surface area contributed by atoms with Crippen molar-refractivity contribution < 1.29 is 0 Å². The first-order chi connectivity index (χ1) is 12.4. The predicted octanol–water partition coefficient (Wildman–Crippen LogP) is 8.24.